The topological polar surface area (TPSA) is 63.3 Å². The van der Waals surface area contributed by atoms with Crippen molar-refractivity contribution in [1.82, 2.24) is 4.98 Å². The maximum Gasteiger partial charge on any atom is 0.338 e. The van der Waals surface area contributed by atoms with Crippen LogP contribution >= 0.6 is 23.2 Å². The minimum atomic E-state index is -1.18. The number of rotatable bonds is 2. The van der Waals surface area contributed by atoms with Gasteiger partial charge in [-0.3, -0.25) is 0 Å². The molecular formula is C14H7Cl2NO3. The van der Waals surface area contributed by atoms with Crippen molar-refractivity contribution in [2.45, 2.75) is 0 Å². The van der Waals surface area contributed by atoms with Gasteiger partial charge in [0.05, 0.1) is 15.6 Å². The molecule has 0 atom stereocenters. The maximum absolute atomic E-state index is 11.0. The van der Waals surface area contributed by atoms with Crippen LogP contribution in [0.15, 0.2) is 40.8 Å². The molecule has 0 aliphatic carbocycles. The van der Waals surface area contributed by atoms with Crippen molar-refractivity contribution in [3.05, 3.63) is 52.0 Å². The van der Waals surface area contributed by atoms with E-state index in [9.17, 15) is 4.79 Å². The van der Waals surface area contributed by atoms with Gasteiger partial charge in [-0.05, 0) is 24.3 Å². The third kappa shape index (κ3) is 2.13. The molecule has 100 valence electrons. The van der Waals surface area contributed by atoms with Crippen molar-refractivity contribution in [3.63, 3.8) is 0 Å². The molecule has 0 amide bonds. The van der Waals surface area contributed by atoms with Gasteiger partial charge in [0.2, 0.25) is 5.89 Å². The first-order chi connectivity index (χ1) is 9.56. The second kappa shape index (κ2) is 4.81. The molecule has 4 nitrogen and oxygen atoms in total. The molecule has 0 bridgehead atoms. The zero-order valence-corrected chi connectivity index (χ0v) is 11.4. The number of hydrogen-bond acceptors (Lipinski definition) is 3. The number of oxazole rings is 1. The summed E-state index contributed by atoms with van der Waals surface area (Å²) in [5.41, 5.74) is 1.74. The summed E-state index contributed by atoms with van der Waals surface area (Å²) in [5, 5.41) is 9.10. The first-order valence-corrected chi connectivity index (χ1v) is 6.40. The summed E-state index contributed by atoms with van der Waals surface area (Å²) in [6.45, 7) is 0. The predicted octanol–water partition coefficient (Wildman–Crippen LogP) is 4.50. The maximum atomic E-state index is 11.0. The molecule has 0 radical (unpaired) electrons. The van der Waals surface area contributed by atoms with E-state index in [2.05, 4.69) is 4.98 Å². The van der Waals surface area contributed by atoms with Crippen molar-refractivity contribution < 1.29 is 14.3 Å². The molecule has 0 unspecified atom stereocenters. The zero-order chi connectivity index (χ0) is 14.3. The minimum Gasteiger partial charge on any atom is -0.478 e. The van der Waals surface area contributed by atoms with Crippen LogP contribution in [0.1, 0.15) is 10.4 Å². The largest absolute Gasteiger partial charge is 0.478 e. The molecule has 0 saturated carbocycles. The van der Waals surface area contributed by atoms with Gasteiger partial charge in [-0.1, -0.05) is 35.3 Å². The fourth-order valence-corrected chi connectivity index (χ4v) is 2.55. The Morgan fingerprint density at radius 1 is 1.15 bits per heavy atom. The van der Waals surface area contributed by atoms with E-state index in [-0.39, 0.29) is 15.6 Å². The zero-order valence-electron chi connectivity index (χ0n) is 9.93. The van der Waals surface area contributed by atoms with Gasteiger partial charge in [0.25, 0.3) is 0 Å². The van der Waals surface area contributed by atoms with Crippen molar-refractivity contribution in [2.24, 2.45) is 0 Å². The Morgan fingerprint density at radius 2 is 1.80 bits per heavy atom. The van der Waals surface area contributed by atoms with Gasteiger partial charge in [0, 0.05) is 5.56 Å². The molecule has 1 N–H and O–H groups in total. The number of fused-ring (bicyclic) bond motifs is 1. The SMILES string of the molecule is O=C(O)c1c(Cl)cc(-c2nc3ccccc3o2)cc1Cl. The predicted molar refractivity (Wildman–Crippen MR) is 76.4 cm³/mol. The van der Waals surface area contributed by atoms with Crippen molar-refractivity contribution >= 4 is 40.3 Å². The number of carboxylic acids is 1. The van der Waals surface area contributed by atoms with Crippen LogP contribution in [0.3, 0.4) is 0 Å². The number of carbonyl (C=O) groups is 1. The quantitative estimate of drug-likeness (QED) is 0.757. The van der Waals surface area contributed by atoms with Crippen molar-refractivity contribution in [3.8, 4) is 11.5 Å². The number of hydrogen-bond donors (Lipinski definition) is 1. The molecule has 20 heavy (non-hydrogen) atoms. The highest BCUT2D eigenvalue weighted by Crippen LogP contribution is 2.32. The van der Waals surface area contributed by atoms with Gasteiger partial charge in [0.15, 0.2) is 5.58 Å². The van der Waals surface area contributed by atoms with Crippen molar-refractivity contribution in [1.29, 1.82) is 0 Å². The van der Waals surface area contributed by atoms with E-state index >= 15 is 0 Å². The van der Waals surface area contributed by atoms with Crippen LogP contribution in [0.4, 0.5) is 0 Å². The summed E-state index contributed by atoms with van der Waals surface area (Å²) < 4.78 is 5.59. The van der Waals surface area contributed by atoms with E-state index in [0.717, 1.165) is 0 Å². The summed E-state index contributed by atoms with van der Waals surface area (Å²) in [6, 6.07) is 10.2. The first-order valence-electron chi connectivity index (χ1n) is 5.64. The monoisotopic (exact) mass is 307 g/mol. The van der Waals surface area contributed by atoms with E-state index in [0.29, 0.717) is 22.6 Å². The highest BCUT2D eigenvalue weighted by Gasteiger charge is 2.17. The van der Waals surface area contributed by atoms with Crippen LogP contribution in [0.25, 0.3) is 22.6 Å². The molecule has 0 spiro atoms. The van der Waals surface area contributed by atoms with Crippen LogP contribution in [-0.2, 0) is 0 Å². The summed E-state index contributed by atoms with van der Waals surface area (Å²) >= 11 is 11.9. The number of halogens is 2. The molecular weight excluding hydrogens is 301 g/mol. The van der Waals surface area contributed by atoms with Gasteiger partial charge in [-0.2, -0.15) is 0 Å². The van der Waals surface area contributed by atoms with Crippen LogP contribution in [0, 0.1) is 0 Å². The Hall–Kier alpha value is -2.04. The lowest BCUT2D eigenvalue weighted by atomic mass is 10.1. The molecule has 1 aromatic heterocycles. The molecule has 2 aromatic carbocycles. The molecule has 0 aliphatic rings. The number of nitrogens with zero attached hydrogens (tertiary/aromatic N) is 1. The number of benzene rings is 2. The van der Waals surface area contributed by atoms with E-state index in [1.165, 1.54) is 12.1 Å². The highest BCUT2D eigenvalue weighted by atomic mass is 35.5. The average Bonchev–Trinajstić information content (AvgIpc) is 2.81. The fourth-order valence-electron chi connectivity index (χ4n) is 1.90. The molecule has 1 heterocycles. The Morgan fingerprint density at radius 3 is 2.40 bits per heavy atom. The van der Waals surface area contributed by atoms with E-state index < -0.39 is 5.97 Å². The highest BCUT2D eigenvalue weighted by molar-refractivity contribution is 6.39. The van der Waals surface area contributed by atoms with Gasteiger partial charge in [-0.25, -0.2) is 9.78 Å². The normalized spacial score (nSPS) is 10.9. The number of carboxylic acid groups (broad SMARTS) is 1. The lowest BCUT2D eigenvalue weighted by molar-refractivity contribution is 0.0697. The molecule has 3 aromatic rings. The van der Waals surface area contributed by atoms with Crippen LogP contribution in [0.2, 0.25) is 10.0 Å². The summed E-state index contributed by atoms with van der Waals surface area (Å²) in [7, 11) is 0. The molecule has 3 rings (SSSR count). The summed E-state index contributed by atoms with van der Waals surface area (Å²) in [4.78, 5) is 15.3. The Labute approximate surface area is 123 Å². The Bertz CT molecular complexity index is 770. The van der Waals surface area contributed by atoms with Crippen LogP contribution in [-0.4, -0.2) is 16.1 Å². The van der Waals surface area contributed by atoms with E-state index in [4.69, 9.17) is 32.7 Å². The smallest absolute Gasteiger partial charge is 0.338 e. The first kappa shape index (κ1) is 13.0. The number of para-hydroxylation sites is 2. The Balaban J connectivity index is 2.17. The third-order valence-corrected chi connectivity index (χ3v) is 3.39. The lowest BCUT2D eigenvalue weighted by Gasteiger charge is -2.04. The van der Waals surface area contributed by atoms with E-state index in [1.54, 1.807) is 6.07 Å². The summed E-state index contributed by atoms with van der Waals surface area (Å²) in [5.74, 6) is -0.837. The second-order valence-electron chi connectivity index (χ2n) is 4.11. The third-order valence-electron chi connectivity index (χ3n) is 2.80. The molecule has 0 saturated heterocycles. The van der Waals surface area contributed by atoms with Gasteiger partial charge >= 0.3 is 5.97 Å². The van der Waals surface area contributed by atoms with Gasteiger partial charge < -0.3 is 9.52 Å². The fraction of sp³-hybridized carbons (Fsp3) is 0. The molecule has 0 aliphatic heterocycles. The number of aromatic carboxylic acids is 1. The standard InChI is InChI=1S/C14H7Cl2NO3/c15-8-5-7(6-9(16)12(8)14(18)19)13-17-10-3-1-2-4-11(10)20-13/h1-6H,(H,18,19). The molecule has 6 heteroatoms. The average molecular weight is 308 g/mol. The van der Waals surface area contributed by atoms with Crippen LogP contribution in [0.5, 0.6) is 0 Å². The van der Waals surface area contributed by atoms with Crippen LogP contribution < -0.4 is 0 Å². The van der Waals surface area contributed by atoms with E-state index in [1.807, 2.05) is 18.2 Å². The number of aromatic nitrogens is 1. The Kier molecular flexibility index (Phi) is 3.12. The second-order valence-corrected chi connectivity index (χ2v) is 4.92. The minimum absolute atomic E-state index is 0.0438. The van der Waals surface area contributed by atoms with Crippen molar-refractivity contribution in [2.75, 3.05) is 0 Å². The lowest BCUT2D eigenvalue weighted by Crippen LogP contribution is -1.99. The van der Waals surface area contributed by atoms with Gasteiger partial charge in [-0.15, -0.1) is 0 Å². The molecule has 0 fully saturated rings. The summed E-state index contributed by atoms with van der Waals surface area (Å²) in [6.07, 6.45) is 0. The van der Waals surface area contributed by atoms with Gasteiger partial charge in [0.1, 0.15) is 5.52 Å².